The van der Waals surface area contributed by atoms with Gasteiger partial charge in [0.15, 0.2) is 11.5 Å². The number of rotatable bonds is 5. The van der Waals surface area contributed by atoms with Crippen molar-refractivity contribution in [3.63, 3.8) is 0 Å². The van der Waals surface area contributed by atoms with E-state index in [1.165, 1.54) is 5.56 Å². The summed E-state index contributed by atoms with van der Waals surface area (Å²) in [6.07, 6.45) is 0.941. The number of ether oxygens (including phenoxy) is 2. The molecule has 0 aliphatic carbocycles. The molecule has 2 atom stereocenters. The molecule has 0 bridgehead atoms. The molecule has 2 aromatic carbocycles. The number of anilines is 1. The Kier molecular flexibility index (Phi) is 5.19. The van der Waals surface area contributed by atoms with Crippen molar-refractivity contribution in [1.29, 1.82) is 0 Å². The van der Waals surface area contributed by atoms with Crippen molar-refractivity contribution in [2.75, 3.05) is 24.6 Å². The summed E-state index contributed by atoms with van der Waals surface area (Å²) < 4.78 is 11.5. The third-order valence-corrected chi connectivity index (χ3v) is 5.22. The van der Waals surface area contributed by atoms with Gasteiger partial charge >= 0.3 is 0 Å². The predicted molar refractivity (Wildman–Crippen MR) is 106 cm³/mol. The van der Waals surface area contributed by atoms with Crippen LogP contribution in [-0.4, -0.2) is 37.6 Å². The van der Waals surface area contributed by atoms with Gasteiger partial charge in [0, 0.05) is 18.7 Å². The van der Waals surface area contributed by atoms with Gasteiger partial charge in [0.25, 0.3) is 0 Å². The summed E-state index contributed by atoms with van der Waals surface area (Å²) in [6, 6.07) is 15.4. The van der Waals surface area contributed by atoms with E-state index in [0.29, 0.717) is 25.4 Å². The average Bonchev–Trinajstić information content (AvgIpc) is 3.13. The van der Waals surface area contributed by atoms with E-state index in [4.69, 9.17) is 9.47 Å². The first kappa shape index (κ1) is 18.3. The summed E-state index contributed by atoms with van der Waals surface area (Å²) in [6.45, 7) is 3.23. The summed E-state index contributed by atoms with van der Waals surface area (Å²) in [5.41, 5.74) is 2.07. The lowest BCUT2D eigenvalue weighted by molar-refractivity contribution is -0.126. The molecule has 1 N–H and O–H groups in total. The molecule has 2 amide bonds. The molecule has 2 unspecified atom stereocenters. The molecule has 2 heterocycles. The molecule has 6 heteroatoms. The Morgan fingerprint density at radius 2 is 1.89 bits per heavy atom. The Bertz CT molecular complexity index is 865. The Balaban J connectivity index is 1.31. The molecule has 2 aromatic rings. The third kappa shape index (κ3) is 3.81. The van der Waals surface area contributed by atoms with Gasteiger partial charge in [-0.3, -0.25) is 9.59 Å². The number of fused-ring (bicyclic) bond motifs is 1. The smallest absolute Gasteiger partial charge is 0.227 e. The number of para-hydroxylation sites is 2. The van der Waals surface area contributed by atoms with E-state index in [-0.39, 0.29) is 30.3 Å². The molecule has 0 aromatic heterocycles. The standard InChI is InChI=1S/C22H24N2O4/c1-2-15-7-9-17(10-8-15)24-13-16(11-21(24)25)22(26)23-12-18-14-27-19-5-3-4-6-20(19)28-18/h3-10,16,18H,2,11-14H2,1H3,(H,23,26). The van der Waals surface area contributed by atoms with Gasteiger partial charge in [-0.2, -0.15) is 0 Å². The monoisotopic (exact) mass is 380 g/mol. The van der Waals surface area contributed by atoms with Crippen molar-refractivity contribution in [2.45, 2.75) is 25.9 Å². The molecule has 28 heavy (non-hydrogen) atoms. The lowest BCUT2D eigenvalue weighted by Crippen LogP contribution is -2.43. The number of nitrogens with one attached hydrogen (secondary N) is 1. The number of hydrogen-bond acceptors (Lipinski definition) is 4. The number of aryl methyl sites for hydroxylation is 1. The van der Waals surface area contributed by atoms with E-state index in [2.05, 4.69) is 12.2 Å². The first-order valence-electron chi connectivity index (χ1n) is 9.69. The molecular formula is C22H24N2O4. The van der Waals surface area contributed by atoms with Crippen LogP contribution in [0.5, 0.6) is 11.5 Å². The third-order valence-electron chi connectivity index (χ3n) is 5.22. The van der Waals surface area contributed by atoms with Gasteiger partial charge in [-0.05, 0) is 36.2 Å². The van der Waals surface area contributed by atoms with Crippen LogP contribution in [0.2, 0.25) is 0 Å². The Labute approximate surface area is 164 Å². The van der Waals surface area contributed by atoms with Gasteiger partial charge in [0.2, 0.25) is 11.8 Å². The van der Waals surface area contributed by atoms with Crippen LogP contribution in [0.3, 0.4) is 0 Å². The molecular weight excluding hydrogens is 356 g/mol. The van der Waals surface area contributed by atoms with Crippen LogP contribution in [0.25, 0.3) is 0 Å². The van der Waals surface area contributed by atoms with Gasteiger partial charge in [0.05, 0.1) is 12.5 Å². The Morgan fingerprint density at radius 1 is 1.14 bits per heavy atom. The molecule has 2 aliphatic rings. The summed E-state index contributed by atoms with van der Waals surface area (Å²) in [7, 11) is 0. The zero-order chi connectivity index (χ0) is 19.5. The van der Waals surface area contributed by atoms with E-state index >= 15 is 0 Å². The van der Waals surface area contributed by atoms with Crippen LogP contribution in [0.15, 0.2) is 48.5 Å². The van der Waals surface area contributed by atoms with Crippen molar-refractivity contribution in [1.82, 2.24) is 5.32 Å². The van der Waals surface area contributed by atoms with Crippen molar-refractivity contribution in [3.05, 3.63) is 54.1 Å². The number of nitrogens with zero attached hydrogens (tertiary/aromatic N) is 1. The quantitative estimate of drug-likeness (QED) is 0.866. The van der Waals surface area contributed by atoms with Crippen molar-refractivity contribution < 1.29 is 19.1 Å². The highest BCUT2D eigenvalue weighted by atomic mass is 16.6. The summed E-state index contributed by atoms with van der Waals surface area (Å²) in [4.78, 5) is 26.7. The van der Waals surface area contributed by atoms with Gasteiger partial charge < -0.3 is 19.7 Å². The first-order valence-corrected chi connectivity index (χ1v) is 9.69. The maximum Gasteiger partial charge on any atom is 0.227 e. The van der Waals surface area contributed by atoms with Crippen molar-refractivity contribution in [3.8, 4) is 11.5 Å². The number of amides is 2. The van der Waals surface area contributed by atoms with Crippen molar-refractivity contribution in [2.24, 2.45) is 5.92 Å². The highest BCUT2D eigenvalue weighted by molar-refractivity contribution is 6.00. The van der Waals surface area contributed by atoms with E-state index in [9.17, 15) is 9.59 Å². The Morgan fingerprint density at radius 3 is 2.64 bits per heavy atom. The fourth-order valence-electron chi connectivity index (χ4n) is 3.57. The van der Waals surface area contributed by atoms with E-state index in [1.807, 2.05) is 48.5 Å². The summed E-state index contributed by atoms with van der Waals surface area (Å²) in [5, 5.41) is 2.91. The maximum absolute atomic E-state index is 12.6. The second-order valence-electron chi connectivity index (χ2n) is 7.17. The van der Waals surface area contributed by atoms with Gasteiger partial charge in [0.1, 0.15) is 12.7 Å². The lowest BCUT2D eigenvalue weighted by Gasteiger charge is -2.26. The maximum atomic E-state index is 12.6. The largest absolute Gasteiger partial charge is 0.486 e. The molecule has 1 fully saturated rings. The topological polar surface area (TPSA) is 67.9 Å². The highest BCUT2D eigenvalue weighted by Crippen LogP contribution is 2.31. The normalized spacial score (nSPS) is 20.9. The zero-order valence-electron chi connectivity index (χ0n) is 15.9. The second kappa shape index (κ2) is 7.92. The SMILES string of the molecule is CCc1ccc(N2CC(C(=O)NCC3COc4ccccc4O3)CC2=O)cc1. The molecule has 0 radical (unpaired) electrons. The highest BCUT2D eigenvalue weighted by Gasteiger charge is 2.35. The van der Waals surface area contributed by atoms with Crippen LogP contribution in [0, 0.1) is 5.92 Å². The number of hydrogen-bond donors (Lipinski definition) is 1. The van der Waals surface area contributed by atoms with E-state index in [0.717, 1.165) is 17.9 Å². The number of benzene rings is 2. The Hall–Kier alpha value is -3.02. The number of carbonyl (C=O) groups is 2. The fraction of sp³-hybridized carbons (Fsp3) is 0.364. The molecule has 1 saturated heterocycles. The van der Waals surface area contributed by atoms with Crippen LogP contribution >= 0.6 is 0 Å². The minimum atomic E-state index is -0.352. The second-order valence-corrected chi connectivity index (χ2v) is 7.17. The molecule has 146 valence electrons. The van der Waals surface area contributed by atoms with Crippen molar-refractivity contribution >= 4 is 17.5 Å². The fourth-order valence-corrected chi connectivity index (χ4v) is 3.57. The van der Waals surface area contributed by atoms with Crippen LogP contribution in [-0.2, 0) is 16.0 Å². The predicted octanol–water partition coefficient (Wildman–Crippen LogP) is 2.56. The summed E-state index contributed by atoms with van der Waals surface area (Å²) in [5.74, 6) is 0.913. The van der Waals surface area contributed by atoms with Gasteiger partial charge in [-0.15, -0.1) is 0 Å². The minimum Gasteiger partial charge on any atom is -0.486 e. The average molecular weight is 380 g/mol. The summed E-state index contributed by atoms with van der Waals surface area (Å²) >= 11 is 0. The van der Waals surface area contributed by atoms with Crippen LogP contribution < -0.4 is 19.7 Å². The van der Waals surface area contributed by atoms with E-state index < -0.39 is 0 Å². The van der Waals surface area contributed by atoms with E-state index in [1.54, 1.807) is 4.90 Å². The first-order chi connectivity index (χ1) is 13.6. The number of carbonyl (C=O) groups excluding carboxylic acids is 2. The molecule has 0 saturated carbocycles. The van der Waals surface area contributed by atoms with Gasteiger partial charge in [-0.1, -0.05) is 31.2 Å². The molecule has 2 aliphatic heterocycles. The molecule has 4 rings (SSSR count). The van der Waals surface area contributed by atoms with Crippen LogP contribution in [0.1, 0.15) is 18.9 Å². The molecule has 6 nitrogen and oxygen atoms in total. The molecule has 0 spiro atoms. The van der Waals surface area contributed by atoms with Gasteiger partial charge in [-0.25, -0.2) is 0 Å². The lowest BCUT2D eigenvalue weighted by atomic mass is 10.1. The minimum absolute atomic E-state index is 0.0180. The zero-order valence-corrected chi connectivity index (χ0v) is 15.9. The van der Waals surface area contributed by atoms with Crippen LogP contribution in [0.4, 0.5) is 5.69 Å².